The maximum atomic E-state index is 15.0. The fourth-order valence-electron chi connectivity index (χ4n) is 5.71. The van der Waals surface area contributed by atoms with Crippen molar-refractivity contribution >= 4 is 51.6 Å². The number of ether oxygens (including phenoxy) is 1. The highest BCUT2D eigenvalue weighted by Crippen LogP contribution is 2.45. The van der Waals surface area contributed by atoms with Gasteiger partial charge in [-0.05, 0) is 37.0 Å². The second-order valence-electron chi connectivity index (χ2n) is 11.4. The molecule has 1 saturated heterocycles. The van der Waals surface area contributed by atoms with Crippen LogP contribution >= 0.6 is 11.6 Å². The molecule has 3 aromatic rings. The van der Waals surface area contributed by atoms with E-state index in [4.69, 9.17) is 16.3 Å². The van der Waals surface area contributed by atoms with Crippen LogP contribution in [-0.4, -0.2) is 76.0 Å². The Morgan fingerprint density at radius 3 is 2.67 bits per heavy atom. The molecular formula is C28H30ClF4N7O3. The summed E-state index contributed by atoms with van der Waals surface area (Å²) < 4.78 is 66.0. The highest BCUT2D eigenvalue weighted by atomic mass is 35.5. The van der Waals surface area contributed by atoms with E-state index in [1.54, 1.807) is 23.1 Å². The molecule has 230 valence electrons. The van der Waals surface area contributed by atoms with E-state index in [-0.39, 0.29) is 47.2 Å². The van der Waals surface area contributed by atoms with E-state index in [1.807, 2.05) is 0 Å². The fourth-order valence-corrected chi connectivity index (χ4v) is 5.85. The van der Waals surface area contributed by atoms with Gasteiger partial charge in [0.2, 0.25) is 17.6 Å². The molecule has 0 unspecified atom stereocenters. The van der Waals surface area contributed by atoms with Crippen LogP contribution in [-0.2, 0) is 11.8 Å². The number of anilines is 4. The lowest BCUT2D eigenvalue weighted by molar-refractivity contribution is -0.142. The van der Waals surface area contributed by atoms with E-state index in [0.29, 0.717) is 29.4 Å². The Hall–Kier alpha value is -3.81. The van der Waals surface area contributed by atoms with Gasteiger partial charge in [-0.25, -0.2) is 22.5 Å². The first kappa shape index (κ1) is 29.3. The maximum Gasteiger partial charge on any atom is 0.301 e. The number of alkyl halides is 4. The molecule has 0 bridgehead atoms. The first-order chi connectivity index (χ1) is 20.3. The van der Waals surface area contributed by atoms with Crippen molar-refractivity contribution in [2.45, 2.75) is 50.1 Å². The summed E-state index contributed by atoms with van der Waals surface area (Å²) in [7, 11) is 2.87. The molecule has 2 aromatic heterocycles. The number of amides is 1. The number of aromatic nitrogens is 3. The Morgan fingerprint density at radius 1 is 1.23 bits per heavy atom. The van der Waals surface area contributed by atoms with Crippen LogP contribution < -0.4 is 25.8 Å². The average molecular weight is 624 g/mol. The van der Waals surface area contributed by atoms with Crippen LogP contribution in [0.25, 0.3) is 10.9 Å². The topological polar surface area (TPSA) is 105 Å². The van der Waals surface area contributed by atoms with Crippen LogP contribution in [0.1, 0.15) is 26.2 Å². The molecule has 2 aliphatic heterocycles. The standard InChI is InChI=1S/C28H30ClF4N7O3/c1-14(41)38(2)20-12-40(9-8-27(20,30)31)26-34-11-18(29)24(37-26)35-16-6-7-19-17(10-16)21-22(25(42)39(19)3)43-13-28(32,33)23(36-21)15-4-5-15/h6-7,10-11,15,20,23,36H,4-5,8-9,12-13H2,1-3H3,(H,34,35,37)/t20-,23+/m1/s1. The van der Waals surface area contributed by atoms with E-state index >= 15 is 0 Å². The van der Waals surface area contributed by atoms with Crippen molar-refractivity contribution in [3.63, 3.8) is 0 Å². The Kier molecular flexibility index (Phi) is 7.09. The molecule has 1 saturated carbocycles. The van der Waals surface area contributed by atoms with Crippen LogP contribution in [0.4, 0.5) is 40.7 Å². The summed E-state index contributed by atoms with van der Waals surface area (Å²) in [6.45, 7) is 0.108. The predicted octanol–water partition coefficient (Wildman–Crippen LogP) is 4.64. The van der Waals surface area contributed by atoms with Gasteiger partial charge in [0.15, 0.2) is 12.4 Å². The summed E-state index contributed by atoms with van der Waals surface area (Å²) in [5.41, 5.74) is 0.627. The van der Waals surface area contributed by atoms with E-state index < -0.39 is 48.4 Å². The molecule has 1 amide bonds. The number of carbonyl (C=O) groups is 1. The van der Waals surface area contributed by atoms with Gasteiger partial charge in [0.05, 0.1) is 23.4 Å². The molecule has 1 aliphatic carbocycles. The minimum atomic E-state index is -3.17. The molecule has 10 nitrogen and oxygen atoms in total. The SMILES string of the molecule is CC(=O)N(C)[C@@H]1CN(c2ncc(Cl)c(Nc3ccc4c(c3)c3c(c(=O)n4C)OCC(F)(F)[C@H](C4CC4)N3)n2)CCC1(F)F. The zero-order chi connectivity index (χ0) is 30.8. The Morgan fingerprint density at radius 2 is 1.98 bits per heavy atom. The van der Waals surface area contributed by atoms with Gasteiger partial charge in [0.1, 0.15) is 11.1 Å². The van der Waals surface area contributed by atoms with Crippen molar-refractivity contribution in [2.24, 2.45) is 13.0 Å². The van der Waals surface area contributed by atoms with Crippen LogP contribution in [0.5, 0.6) is 5.75 Å². The normalized spacial score (nSPS) is 22.7. The number of hydrogen-bond acceptors (Lipinski definition) is 8. The molecule has 3 aliphatic rings. The maximum absolute atomic E-state index is 15.0. The smallest absolute Gasteiger partial charge is 0.301 e. The van der Waals surface area contributed by atoms with Crippen molar-refractivity contribution in [1.82, 2.24) is 19.4 Å². The minimum Gasteiger partial charge on any atom is -0.480 e. The number of likely N-dealkylation sites (N-methyl/N-ethyl adjacent to an activating group) is 1. The largest absolute Gasteiger partial charge is 0.480 e. The van der Waals surface area contributed by atoms with E-state index in [1.165, 1.54) is 31.8 Å². The number of piperidine rings is 1. The number of pyridine rings is 1. The molecule has 2 N–H and O–H groups in total. The summed E-state index contributed by atoms with van der Waals surface area (Å²) in [5, 5.41) is 6.67. The highest BCUT2D eigenvalue weighted by molar-refractivity contribution is 6.33. The van der Waals surface area contributed by atoms with Gasteiger partial charge in [-0.3, -0.25) is 9.59 Å². The third-order valence-corrected chi connectivity index (χ3v) is 8.72. The second-order valence-corrected chi connectivity index (χ2v) is 11.8. The van der Waals surface area contributed by atoms with Gasteiger partial charge in [0, 0.05) is 51.6 Å². The third kappa shape index (κ3) is 5.30. The zero-order valence-corrected chi connectivity index (χ0v) is 24.4. The second kappa shape index (κ2) is 10.4. The number of aryl methyl sites for hydroxylation is 1. The molecule has 43 heavy (non-hydrogen) atoms. The number of benzene rings is 1. The molecule has 0 spiro atoms. The number of carbonyl (C=O) groups excluding carboxylic acids is 1. The van der Waals surface area contributed by atoms with Gasteiger partial charge in [0.25, 0.3) is 11.5 Å². The monoisotopic (exact) mass is 623 g/mol. The number of nitrogens with one attached hydrogen (secondary N) is 2. The molecular weight excluding hydrogens is 594 g/mol. The average Bonchev–Trinajstić information content (AvgIpc) is 3.80. The zero-order valence-electron chi connectivity index (χ0n) is 23.6. The number of fused-ring (bicyclic) bond motifs is 3. The minimum absolute atomic E-state index is 0.0368. The molecule has 2 fully saturated rings. The first-order valence-electron chi connectivity index (χ1n) is 13.9. The van der Waals surface area contributed by atoms with Gasteiger partial charge in [-0.2, -0.15) is 4.98 Å². The van der Waals surface area contributed by atoms with Crippen molar-refractivity contribution in [3.05, 3.63) is 39.8 Å². The lowest BCUT2D eigenvalue weighted by Crippen LogP contribution is -2.59. The number of halogens is 5. The summed E-state index contributed by atoms with van der Waals surface area (Å²) in [5.74, 6) is -6.81. The predicted molar refractivity (Wildman–Crippen MR) is 154 cm³/mol. The molecule has 1 aromatic carbocycles. The van der Waals surface area contributed by atoms with Crippen molar-refractivity contribution in [3.8, 4) is 5.75 Å². The van der Waals surface area contributed by atoms with Crippen LogP contribution in [0, 0.1) is 5.92 Å². The summed E-state index contributed by atoms with van der Waals surface area (Å²) in [6, 6.07) is 2.48. The van der Waals surface area contributed by atoms with Gasteiger partial charge in [-0.15, -0.1) is 0 Å². The number of rotatable bonds is 5. The van der Waals surface area contributed by atoms with Crippen LogP contribution in [0.15, 0.2) is 29.2 Å². The van der Waals surface area contributed by atoms with Crippen molar-refractivity contribution in [2.75, 3.05) is 42.3 Å². The van der Waals surface area contributed by atoms with E-state index in [2.05, 4.69) is 20.6 Å². The molecule has 2 atom stereocenters. The van der Waals surface area contributed by atoms with E-state index in [9.17, 15) is 27.2 Å². The quantitative estimate of drug-likeness (QED) is 0.397. The Labute approximate surface area is 249 Å². The Balaban J connectivity index is 1.34. The van der Waals surface area contributed by atoms with Crippen LogP contribution in [0.3, 0.4) is 0 Å². The first-order valence-corrected chi connectivity index (χ1v) is 14.2. The van der Waals surface area contributed by atoms with Gasteiger partial charge in [-0.1, -0.05) is 11.6 Å². The number of nitrogens with zero attached hydrogens (tertiary/aromatic N) is 5. The summed E-state index contributed by atoms with van der Waals surface area (Å²) >= 11 is 6.40. The fraction of sp³-hybridized carbons (Fsp3) is 0.500. The van der Waals surface area contributed by atoms with Crippen molar-refractivity contribution < 1.29 is 27.1 Å². The van der Waals surface area contributed by atoms with E-state index in [0.717, 1.165) is 4.90 Å². The Bertz CT molecular complexity index is 1670. The summed E-state index contributed by atoms with van der Waals surface area (Å²) in [4.78, 5) is 36.2. The third-order valence-electron chi connectivity index (χ3n) is 8.45. The van der Waals surface area contributed by atoms with Crippen molar-refractivity contribution in [1.29, 1.82) is 0 Å². The molecule has 6 rings (SSSR count). The van der Waals surface area contributed by atoms with Crippen LogP contribution in [0.2, 0.25) is 5.02 Å². The lowest BCUT2D eigenvalue weighted by atomic mass is 10.00. The molecule has 0 radical (unpaired) electrons. The summed E-state index contributed by atoms with van der Waals surface area (Å²) in [6.07, 6.45) is 2.17. The molecule has 4 heterocycles. The lowest BCUT2D eigenvalue weighted by Gasteiger charge is -2.42. The number of hydrogen-bond donors (Lipinski definition) is 2. The highest BCUT2D eigenvalue weighted by Gasteiger charge is 2.51. The molecule has 15 heteroatoms. The van der Waals surface area contributed by atoms with Gasteiger partial charge >= 0.3 is 5.92 Å². The van der Waals surface area contributed by atoms with Gasteiger partial charge < -0.3 is 29.7 Å².